The lowest BCUT2D eigenvalue weighted by atomic mass is 10.0. The summed E-state index contributed by atoms with van der Waals surface area (Å²) in [6.07, 6.45) is 3.16. The number of imidazole rings is 1. The lowest BCUT2D eigenvalue weighted by Gasteiger charge is -2.20. The summed E-state index contributed by atoms with van der Waals surface area (Å²) < 4.78 is 12.5. The highest BCUT2D eigenvalue weighted by Gasteiger charge is 2.23. The number of carbonyl (C=O) groups excluding carboxylic acids is 2. The Labute approximate surface area is 253 Å². The number of nitrogens with zero attached hydrogens (tertiary/aromatic N) is 2. The molecule has 3 aromatic rings. The van der Waals surface area contributed by atoms with Crippen LogP contribution in [0.4, 0.5) is 4.79 Å². The third kappa shape index (κ3) is 9.22. The van der Waals surface area contributed by atoms with E-state index in [0.29, 0.717) is 41.6 Å². The Morgan fingerprint density at radius 1 is 1.07 bits per heavy atom. The second-order valence-corrected chi connectivity index (χ2v) is 11.4. The fraction of sp³-hybridized carbons (Fsp3) is 0.469. The maximum absolute atomic E-state index is 13.0. The van der Waals surface area contributed by atoms with Crippen molar-refractivity contribution in [3.05, 3.63) is 70.6 Å². The first kappa shape index (κ1) is 32.9. The molecule has 0 radical (unpaired) electrons. The minimum Gasteiger partial charge on any atom is -0.489 e. The van der Waals surface area contributed by atoms with Gasteiger partial charge in [-0.15, -0.1) is 0 Å². The summed E-state index contributed by atoms with van der Waals surface area (Å²) in [5, 5.41) is 16.0. The summed E-state index contributed by atoms with van der Waals surface area (Å²) in [6.45, 7) is 10.7. The van der Waals surface area contributed by atoms with Crippen LogP contribution in [0.15, 0.2) is 48.7 Å². The van der Waals surface area contributed by atoms with E-state index in [1.54, 1.807) is 18.2 Å². The Morgan fingerprint density at radius 3 is 2.36 bits per heavy atom. The normalized spacial score (nSPS) is 12.7. The van der Waals surface area contributed by atoms with E-state index in [1.807, 2.05) is 55.8 Å². The van der Waals surface area contributed by atoms with Gasteiger partial charge in [0.2, 0.25) is 0 Å². The molecule has 1 aromatic heterocycles. The molecule has 0 spiro atoms. The van der Waals surface area contributed by atoms with E-state index in [9.17, 15) is 14.7 Å². The predicted octanol–water partition coefficient (Wildman–Crippen LogP) is 6.18. The highest BCUT2D eigenvalue weighted by molar-refractivity contribution is 6.32. The number of halogens is 1. The molecule has 2 amide bonds. The second kappa shape index (κ2) is 15.6. The average molecular weight is 599 g/mol. The Morgan fingerprint density at radius 2 is 1.79 bits per heavy atom. The van der Waals surface area contributed by atoms with Crippen molar-refractivity contribution in [3.63, 3.8) is 0 Å². The van der Waals surface area contributed by atoms with E-state index in [-0.39, 0.29) is 30.7 Å². The van der Waals surface area contributed by atoms with Gasteiger partial charge in [0.1, 0.15) is 11.6 Å². The number of nitrogens with one attached hydrogen (secondary N) is 2. The molecule has 3 N–H and O–H groups in total. The number of aliphatic hydroxyl groups is 1. The molecule has 0 aliphatic carbocycles. The third-order valence-corrected chi connectivity index (χ3v) is 7.04. The molecule has 228 valence electrons. The molecule has 9 nitrogen and oxygen atoms in total. The van der Waals surface area contributed by atoms with Crippen molar-refractivity contribution >= 4 is 23.6 Å². The van der Waals surface area contributed by atoms with Gasteiger partial charge >= 0.3 is 6.09 Å². The molecule has 2 atom stereocenters. The van der Waals surface area contributed by atoms with Crippen LogP contribution in [-0.2, 0) is 17.7 Å². The monoisotopic (exact) mass is 598 g/mol. The zero-order chi connectivity index (χ0) is 30.8. The number of rotatable bonds is 14. The first-order chi connectivity index (χ1) is 20.0. The third-order valence-electron chi connectivity index (χ3n) is 6.75. The van der Waals surface area contributed by atoms with Crippen LogP contribution >= 0.6 is 11.6 Å². The molecule has 0 aliphatic rings. The lowest BCUT2D eigenvalue weighted by molar-refractivity contribution is 0.0930. The zero-order valence-corrected chi connectivity index (χ0v) is 26.1. The van der Waals surface area contributed by atoms with E-state index < -0.39 is 6.09 Å². The minimum atomic E-state index is -0.484. The average Bonchev–Trinajstić information content (AvgIpc) is 3.38. The maximum atomic E-state index is 13.0. The van der Waals surface area contributed by atoms with Gasteiger partial charge in [-0.25, -0.2) is 9.78 Å². The smallest absolute Gasteiger partial charge is 0.407 e. The van der Waals surface area contributed by atoms with Crippen LogP contribution in [0.3, 0.4) is 0 Å². The Kier molecular flexibility index (Phi) is 12.2. The first-order valence-electron chi connectivity index (χ1n) is 14.4. The zero-order valence-electron chi connectivity index (χ0n) is 25.3. The molecule has 0 aliphatic heterocycles. The van der Waals surface area contributed by atoms with Crippen molar-refractivity contribution in [2.75, 3.05) is 13.7 Å². The van der Waals surface area contributed by atoms with E-state index in [0.717, 1.165) is 29.1 Å². The number of benzene rings is 2. The summed E-state index contributed by atoms with van der Waals surface area (Å²) in [5.74, 6) is 1.39. The van der Waals surface area contributed by atoms with Gasteiger partial charge in [0.25, 0.3) is 5.91 Å². The predicted molar refractivity (Wildman–Crippen MR) is 165 cm³/mol. The Balaban J connectivity index is 1.74. The molecule has 0 saturated carbocycles. The fourth-order valence-corrected chi connectivity index (χ4v) is 4.96. The molecule has 3 rings (SSSR count). The van der Waals surface area contributed by atoms with Gasteiger partial charge in [0.15, 0.2) is 0 Å². The standard InChI is InChI=1S/C32H43ClN4O5/c1-7-37-19-28(35-30(37)27(16-20(2)3)36-32(40)41-6)23-10-8-22(9-11-23)17-25(14-15-38)34-31(39)24-12-13-29(26(33)18-24)42-21(4)5/h8-13,18-21,25,27,38H,7,14-17H2,1-6H3,(H,34,39)(H,36,40)/t25-,27-/m1/s1. The van der Waals surface area contributed by atoms with Crippen LogP contribution in [0.25, 0.3) is 11.3 Å². The van der Waals surface area contributed by atoms with E-state index in [1.165, 1.54) is 7.11 Å². The molecule has 2 aromatic carbocycles. The number of alkyl carbamates (subject to hydrolysis) is 1. The number of aromatic nitrogens is 2. The van der Waals surface area contributed by atoms with Crippen molar-refractivity contribution in [1.29, 1.82) is 0 Å². The van der Waals surface area contributed by atoms with Crippen molar-refractivity contribution < 1.29 is 24.2 Å². The number of hydrogen-bond acceptors (Lipinski definition) is 6. The van der Waals surface area contributed by atoms with Gasteiger partial charge in [0.05, 0.1) is 30.0 Å². The number of amides is 2. The van der Waals surface area contributed by atoms with Crippen molar-refractivity contribution in [3.8, 4) is 17.0 Å². The summed E-state index contributed by atoms with van der Waals surface area (Å²) in [5.41, 5.74) is 3.18. The summed E-state index contributed by atoms with van der Waals surface area (Å²) in [7, 11) is 1.35. The summed E-state index contributed by atoms with van der Waals surface area (Å²) in [4.78, 5) is 29.9. The number of methoxy groups -OCH3 is 1. The van der Waals surface area contributed by atoms with Crippen LogP contribution < -0.4 is 15.4 Å². The van der Waals surface area contributed by atoms with Crippen molar-refractivity contribution in [1.82, 2.24) is 20.2 Å². The lowest BCUT2D eigenvalue weighted by Crippen LogP contribution is -2.37. The summed E-state index contributed by atoms with van der Waals surface area (Å²) >= 11 is 6.32. The highest BCUT2D eigenvalue weighted by atomic mass is 35.5. The van der Waals surface area contributed by atoms with Gasteiger partial charge < -0.3 is 29.8 Å². The molecule has 42 heavy (non-hydrogen) atoms. The highest BCUT2D eigenvalue weighted by Crippen LogP contribution is 2.28. The number of hydrogen-bond donors (Lipinski definition) is 3. The van der Waals surface area contributed by atoms with Crippen LogP contribution in [0.5, 0.6) is 5.75 Å². The molecule has 10 heteroatoms. The SMILES string of the molecule is CCn1cc(-c2ccc(C[C@@H](CCO)NC(=O)c3ccc(OC(C)C)c(Cl)c3)cc2)nc1[C@@H](CC(C)C)NC(=O)OC. The number of aliphatic hydroxyl groups excluding tert-OH is 1. The fourth-order valence-electron chi connectivity index (χ4n) is 4.74. The van der Waals surface area contributed by atoms with Gasteiger partial charge in [-0.1, -0.05) is 49.7 Å². The van der Waals surface area contributed by atoms with Crippen LogP contribution in [-0.4, -0.2) is 52.5 Å². The molecule has 0 bridgehead atoms. The molecule has 0 fully saturated rings. The van der Waals surface area contributed by atoms with Gasteiger partial charge in [-0.3, -0.25) is 4.79 Å². The molecular formula is C32H43ClN4O5. The molecule has 0 saturated heterocycles. The Hall–Kier alpha value is -3.56. The van der Waals surface area contributed by atoms with Gasteiger partial charge in [0, 0.05) is 36.5 Å². The first-order valence-corrected chi connectivity index (χ1v) is 14.8. The van der Waals surface area contributed by atoms with E-state index in [4.69, 9.17) is 26.1 Å². The van der Waals surface area contributed by atoms with Gasteiger partial charge in [-0.05, 0) is 69.7 Å². The largest absolute Gasteiger partial charge is 0.489 e. The van der Waals surface area contributed by atoms with Crippen molar-refractivity contribution in [2.24, 2.45) is 5.92 Å². The van der Waals surface area contributed by atoms with E-state index >= 15 is 0 Å². The van der Waals surface area contributed by atoms with E-state index in [2.05, 4.69) is 24.5 Å². The molecular weight excluding hydrogens is 556 g/mol. The Bertz CT molecular complexity index is 1320. The van der Waals surface area contributed by atoms with Gasteiger partial charge in [-0.2, -0.15) is 0 Å². The molecule has 0 unspecified atom stereocenters. The number of carbonyl (C=O) groups is 2. The molecule has 1 heterocycles. The number of ether oxygens (including phenoxy) is 2. The quantitative estimate of drug-likeness (QED) is 0.204. The van der Waals surface area contributed by atoms with Crippen LogP contribution in [0.2, 0.25) is 5.02 Å². The summed E-state index contributed by atoms with van der Waals surface area (Å²) in [6, 6.07) is 12.4. The number of aryl methyl sites for hydroxylation is 1. The second-order valence-electron chi connectivity index (χ2n) is 11.0. The van der Waals surface area contributed by atoms with Crippen molar-refractivity contribution in [2.45, 2.75) is 78.6 Å². The van der Waals surface area contributed by atoms with Crippen LogP contribution in [0.1, 0.15) is 75.2 Å². The maximum Gasteiger partial charge on any atom is 0.407 e. The minimum absolute atomic E-state index is 0.0303. The topological polar surface area (TPSA) is 115 Å². The van der Waals surface area contributed by atoms with Crippen LogP contribution in [0, 0.1) is 5.92 Å².